The molecule has 19 heteroatoms. The lowest BCUT2D eigenvalue weighted by molar-refractivity contribution is -0.174. The summed E-state index contributed by atoms with van der Waals surface area (Å²) in [4.78, 5) is 26.5. The number of aliphatic hydroxyl groups is 1. The summed E-state index contributed by atoms with van der Waals surface area (Å²) in [5.74, 6) is 14.9. The number of guanidine groups is 1. The van der Waals surface area contributed by atoms with Crippen molar-refractivity contribution in [1.82, 2.24) is 41.1 Å². The zero-order valence-corrected chi connectivity index (χ0v) is 51.8. The number of aliphatic hydroxyl groups excluding tert-OH is 1. The van der Waals surface area contributed by atoms with Gasteiger partial charge in [-0.1, -0.05) is 56.2 Å². The number of aromatic amines is 1. The van der Waals surface area contributed by atoms with E-state index in [4.69, 9.17) is 29.7 Å². The van der Waals surface area contributed by atoms with Crippen molar-refractivity contribution in [2.75, 3.05) is 32.8 Å². The van der Waals surface area contributed by atoms with Crippen LogP contribution in [0.4, 0.5) is 0 Å². The molecule has 4 bridgehead atoms. The lowest BCUT2D eigenvalue weighted by Gasteiger charge is -2.57. The smallest absolute Gasteiger partial charge is 0.302 e. The number of nitrogens with zero attached hydrogens (tertiary/aromatic N) is 3. The molecule has 8 aliphatic rings. The summed E-state index contributed by atoms with van der Waals surface area (Å²) in [6, 6.07) is 14.5. The van der Waals surface area contributed by atoms with Crippen molar-refractivity contribution < 1.29 is 44.2 Å². The molecule has 13 rings (SSSR count). The van der Waals surface area contributed by atoms with Gasteiger partial charge in [0.25, 0.3) is 0 Å². The molecule has 3 aliphatic carbocycles. The Labute approximate surface area is 527 Å². The number of ether oxygens (including phenoxy) is 4. The summed E-state index contributed by atoms with van der Waals surface area (Å²) in [5.41, 5.74) is 8.94. The molecular formula is C71H88N10O9. The topological polar surface area (TPSA) is 267 Å². The number of rotatable bonds is 15. The van der Waals surface area contributed by atoms with Crippen LogP contribution in [0.2, 0.25) is 0 Å². The SMILES string of the molecule is CCNC[C@H]1CCC[C@]1(CN=C1N[C@H](n2cc3cc[nH]c3c2)[C@@H]2[C@H](O)N[C@H]3CCCC[C@@H]3C#CC[C@]3([C@H]4C[C@@H](OC(C)=O)C[C@@H](c5cc(O)c(O)c(OCCc6cccnc6)c5)O4)CC#C[C@@H]4[C@H](CCC[C@@]24N1)Oc1cc(ccc1O)C3)CC1=CCNC(N)=C1. The molecule has 8 heterocycles. The van der Waals surface area contributed by atoms with Gasteiger partial charge in [0.2, 0.25) is 5.75 Å². The summed E-state index contributed by atoms with van der Waals surface area (Å²) in [7, 11) is 0. The number of nitrogens with two attached hydrogens (primary N) is 1. The number of dihydropyridines is 1. The highest BCUT2D eigenvalue weighted by Gasteiger charge is 2.60. The third-order valence-corrected chi connectivity index (χ3v) is 21.0. The van der Waals surface area contributed by atoms with E-state index in [1.807, 2.05) is 30.5 Å². The Bertz CT molecular complexity index is 3610. The number of carbonyl (C=O) groups is 1. The van der Waals surface area contributed by atoms with Gasteiger partial charge in [-0.3, -0.25) is 20.1 Å². The maximum atomic E-state index is 13.6. The van der Waals surface area contributed by atoms with Crippen molar-refractivity contribution in [2.45, 2.75) is 171 Å². The zero-order valence-electron chi connectivity index (χ0n) is 51.8. The lowest BCUT2D eigenvalue weighted by Crippen LogP contribution is -2.75. The van der Waals surface area contributed by atoms with Crippen molar-refractivity contribution in [2.24, 2.45) is 45.2 Å². The van der Waals surface area contributed by atoms with Crippen LogP contribution in [0.15, 0.2) is 108 Å². The fourth-order valence-electron chi connectivity index (χ4n) is 16.6. The van der Waals surface area contributed by atoms with Crippen LogP contribution in [-0.2, 0) is 27.1 Å². The Morgan fingerprint density at radius 3 is 2.69 bits per heavy atom. The van der Waals surface area contributed by atoms with E-state index in [1.54, 1.807) is 24.5 Å². The normalized spacial score (nSPS) is 32.7. The van der Waals surface area contributed by atoms with E-state index in [-0.39, 0.29) is 53.4 Å². The molecule has 12 N–H and O–H groups in total. The van der Waals surface area contributed by atoms with Gasteiger partial charge in [-0.05, 0) is 147 Å². The molecule has 2 saturated heterocycles. The monoisotopic (exact) mass is 1220 g/mol. The van der Waals surface area contributed by atoms with E-state index in [0.717, 1.165) is 92.9 Å². The number of carbonyl (C=O) groups excluding carboxylic acids is 1. The Morgan fingerprint density at radius 2 is 1.86 bits per heavy atom. The van der Waals surface area contributed by atoms with Gasteiger partial charge in [-0.25, -0.2) is 0 Å². The van der Waals surface area contributed by atoms with Crippen LogP contribution < -0.4 is 41.8 Å². The Morgan fingerprint density at radius 1 is 0.989 bits per heavy atom. The maximum Gasteiger partial charge on any atom is 0.302 e. The van der Waals surface area contributed by atoms with E-state index in [1.165, 1.54) is 18.6 Å². The summed E-state index contributed by atoms with van der Waals surface area (Å²) >= 11 is 0. The minimum atomic E-state index is -1.07. The third-order valence-electron chi connectivity index (χ3n) is 21.0. The highest BCUT2D eigenvalue weighted by atomic mass is 16.6. The number of H-pyrrole nitrogens is 1. The van der Waals surface area contributed by atoms with Crippen LogP contribution in [-0.4, -0.2) is 116 Å². The van der Waals surface area contributed by atoms with E-state index in [0.29, 0.717) is 87.0 Å². The van der Waals surface area contributed by atoms with Crippen molar-refractivity contribution in [3.8, 4) is 52.4 Å². The van der Waals surface area contributed by atoms with E-state index < -0.39 is 65.6 Å². The minimum Gasteiger partial charge on any atom is -0.504 e. The molecule has 14 atom stereocenters. The zero-order chi connectivity index (χ0) is 62.0. The van der Waals surface area contributed by atoms with Crippen LogP contribution in [0.1, 0.15) is 139 Å². The Hall–Kier alpha value is -7.81. The van der Waals surface area contributed by atoms with Crippen LogP contribution in [0.25, 0.3) is 10.9 Å². The van der Waals surface area contributed by atoms with Crippen molar-refractivity contribution >= 4 is 22.8 Å². The number of aromatic hydroxyl groups is 3. The van der Waals surface area contributed by atoms with Gasteiger partial charge in [0, 0.05) is 106 Å². The van der Waals surface area contributed by atoms with Gasteiger partial charge < -0.3 is 75.9 Å². The molecule has 1 spiro atoms. The first-order valence-electron chi connectivity index (χ1n) is 32.9. The van der Waals surface area contributed by atoms with E-state index >= 15 is 0 Å². The molecule has 0 unspecified atom stereocenters. The summed E-state index contributed by atoms with van der Waals surface area (Å²) in [6.07, 6.45) is 21.6. The molecule has 476 valence electrons. The molecule has 90 heavy (non-hydrogen) atoms. The summed E-state index contributed by atoms with van der Waals surface area (Å²) in [6.45, 7) is 6.77. The number of benzene rings is 2. The second-order valence-electron chi connectivity index (χ2n) is 26.8. The molecular weight excluding hydrogens is 1140 g/mol. The minimum absolute atomic E-state index is 0.000265. The first-order chi connectivity index (χ1) is 43.8. The number of phenolic OH excluding ortho intramolecular Hbond substituents is 3. The van der Waals surface area contributed by atoms with Crippen molar-refractivity contribution in [1.29, 1.82) is 0 Å². The maximum absolute atomic E-state index is 13.6. The van der Waals surface area contributed by atoms with Crippen LogP contribution in [0, 0.1) is 58.2 Å². The number of esters is 1. The highest BCUT2D eigenvalue weighted by molar-refractivity contribution is 5.83. The predicted molar refractivity (Wildman–Crippen MR) is 343 cm³/mol. The molecule has 5 aliphatic heterocycles. The average Bonchev–Trinajstić information content (AvgIpc) is 0.911. The fraction of sp³-hybridized carbons (Fsp3) is 0.535. The number of fused-ring (bicyclic) bond motifs is 6. The molecule has 3 saturated carbocycles. The number of nitrogens with one attached hydrogen (secondary N) is 6. The predicted octanol–water partition coefficient (Wildman–Crippen LogP) is 8.53. The number of hydrogen-bond acceptors (Lipinski definition) is 15. The lowest BCUT2D eigenvalue weighted by atomic mass is 9.61. The van der Waals surface area contributed by atoms with Gasteiger partial charge in [-0.2, -0.15) is 0 Å². The van der Waals surface area contributed by atoms with Crippen LogP contribution in [0.5, 0.6) is 28.7 Å². The highest BCUT2D eigenvalue weighted by Crippen LogP contribution is 2.53. The van der Waals surface area contributed by atoms with Crippen molar-refractivity contribution in [3.63, 3.8) is 0 Å². The molecule has 19 nitrogen and oxygen atoms in total. The molecule has 0 amide bonds. The summed E-state index contributed by atoms with van der Waals surface area (Å²) in [5, 5.41) is 68.1. The quantitative estimate of drug-likeness (QED) is 0.0266. The number of allylic oxidation sites excluding steroid dienone is 2. The number of phenols is 3. The fourth-order valence-corrected chi connectivity index (χ4v) is 16.6. The van der Waals surface area contributed by atoms with E-state index in [9.17, 15) is 25.2 Å². The van der Waals surface area contributed by atoms with E-state index in [2.05, 4.69) is 102 Å². The first kappa shape index (κ1) is 61.1. The first-order valence-corrected chi connectivity index (χ1v) is 32.9. The molecule has 0 radical (unpaired) electrons. The Kier molecular flexibility index (Phi) is 17.8. The van der Waals surface area contributed by atoms with Gasteiger partial charge in [0.15, 0.2) is 29.0 Å². The number of pyridine rings is 1. The van der Waals surface area contributed by atoms with Gasteiger partial charge in [0.05, 0.1) is 47.5 Å². The molecule has 5 fully saturated rings. The second kappa shape index (κ2) is 26.2. The number of aliphatic imine (C=N–C) groups is 1. The average molecular weight is 1230 g/mol. The molecule has 2 aromatic carbocycles. The van der Waals surface area contributed by atoms with Gasteiger partial charge >= 0.3 is 5.97 Å². The number of hydrogen-bond donors (Lipinski definition) is 11. The number of aromatic nitrogens is 3. The molecule has 5 aromatic rings. The molecule has 3 aromatic heterocycles. The Balaban J connectivity index is 0.949. The second-order valence-corrected chi connectivity index (χ2v) is 26.8. The van der Waals surface area contributed by atoms with Crippen LogP contribution in [0.3, 0.4) is 0 Å². The van der Waals surface area contributed by atoms with Gasteiger partial charge in [0.1, 0.15) is 24.6 Å². The van der Waals surface area contributed by atoms with Gasteiger partial charge in [-0.15, -0.1) is 11.8 Å². The summed E-state index contributed by atoms with van der Waals surface area (Å²) < 4.78 is 29.3. The standard InChI is InChI=1S/C71H88N10O9/c1-3-73-40-51-14-7-25-70(51,38-47-20-28-76-63(72)32-47)43-77-68-79-66(81-41-49-21-29-75-55(49)42-81)64-67(86)78-54-16-5-4-12-48(54)13-6-23-69(24-8-15-53-58(17-9-26-71(53,64)80-68)89-60-31-46(37-69)18-19-56(60)83)62-36-52(88-44(2)82)35-59(90-62)50-33-57(84)65(85)61(34-50)87-30-22-45-11-10-27-74-39-45/h10-11,18-21,27,29,31-34,39,41-42,48,51-54,58-59,62,64,66-67,73,75-76,78,83-86H,3-5,7,9,12,14,16-17,22-26,28,30,35-38,40,43,72H2,1-2H3,(H2,77,79,80)/t48-,51-,52+,53-,54+,58+,59+,62-,64-,66-,67+,69+,70-,71+/m1/s1. The third kappa shape index (κ3) is 12.7. The van der Waals surface area contributed by atoms with Crippen molar-refractivity contribution in [3.05, 3.63) is 120 Å². The largest absolute Gasteiger partial charge is 0.504 e. The van der Waals surface area contributed by atoms with Crippen LogP contribution >= 0.6 is 0 Å².